The molecule has 30 heavy (non-hydrogen) atoms. The minimum Gasteiger partial charge on any atom is -0.376 e. The maximum atomic E-state index is 12.4. The van der Waals surface area contributed by atoms with E-state index in [1.54, 1.807) is 0 Å². The van der Waals surface area contributed by atoms with E-state index in [-0.39, 0.29) is 0 Å². The van der Waals surface area contributed by atoms with E-state index in [0.29, 0.717) is 0 Å². The molecule has 0 aromatic heterocycles. The van der Waals surface area contributed by atoms with Crippen LogP contribution in [0.3, 0.4) is 0 Å². The predicted molar refractivity (Wildman–Crippen MR) is 124 cm³/mol. The summed E-state index contributed by atoms with van der Waals surface area (Å²) in [6, 6.07) is 42.8. The fraction of sp³-hybridized carbons (Fsp3) is 0.0345. The van der Waals surface area contributed by atoms with Crippen LogP contribution in [0.15, 0.2) is 127 Å². The molecule has 0 saturated heterocycles. The number of hydrogen-bond acceptors (Lipinski definition) is 1. The number of aliphatic hydroxyl groups is 1. The van der Waals surface area contributed by atoms with Crippen LogP contribution in [-0.4, -0.2) is 5.11 Å². The Kier molecular flexibility index (Phi) is 4.66. The van der Waals surface area contributed by atoms with E-state index in [9.17, 15) is 5.11 Å². The molecule has 0 atom stereocenters. The van der Waals surface area contributed by atoms with Gasteiger partial charge in [-0.15, -0.1) is 0 Å². The third-order valence-electron chi connectivity index (χ3n) is 5.76. The van der Waals surface area contributed by atoms with Gasteiger partial charge in [-0.3, -0.25) is 0 Å². The van der Waals surface area contributed by atoms with Gasteiger partial charge in [0.1, 0.15) is 5.60 Å². The summed E-state index contributed by atoms with van der Waals surface area (Å²) in [6.45, 7) is 0. The quantitative estimate of drug-likeness (QED) is 0.337. The van der Waals surface area contributed by atoms with Gasteiger partial charge in [0.15, 0.2) is 0 Å². The molecule has 0 aliphatic heterocycles. The van der Waals surface area contributed by atoms with Crippen molar-refractivity contribution in [2.45, 2.75) is 5.60 Å². The molecular formula is C29H22O. The van der Waals surface area contributed by atoms with Crippen LogP contribution in [0.1, 0.15) is 16.7 Å². The Bertz CT molecular complexity index is 1240. The molecule has 0 bridgehead atoms. The van der Waals surface area contributed by atoms with Crippen molar-refractivity contribution >= 4 is 10.8 Å². The molecule has 5 aromatic carbocycles. The number of hydrogen-bond donors (Lipinski definition) is 1. The average molecular weight is 386 g/mol. The van der Waals surface area contributed by atoms with Crippen molar-refractivity contribution in [3.05, 3.63) is 144 Å². The average Bonchev–Trinajstić information content (AvgIpc) is 2.84. The summed E-state index contributed by atoms with van der Waals surface area (Å²) in [6.07, 6.45) is 0. The monoisotopic (exact) mass is 386 g/mol. The third kappa shape index (κ3) is 3.01. The number of fused-ring (bicyclic) bond motifs is 1. The molecule has 144 valence electrons. The van der Waals surface area contributed by atoms with Crippen LogP contribution in [0, 0.1) is 0 Å². The summed E-state index contributed by atoms with van der Waals surface area (Å²) in [7, 11) is 0. The summed E-state index contributed by atoms with van der Waals surface area (Å²) in [4.78, 5) is 0. The lowest BCUT2D eigenvalue weighted by Gasteiger charge is -2.33. The Balaban J connectivity index is 1.91. The van der Waals surface area contributed by atoms with Crippen LogP contribution in [0.4, 0.5) is 0 Å². The highest BCUT2D eigenvalue weighted by molar-refractivity contribution is 5.99. The minimum atomic E-state index is -1.28. The highest BCUT2D eigenvalue weighted by Crippen LogP contribution is 2.44. The molecule has 0 aliphatic rings. The summed E-state index contributed by atoms with van der Waals surface area (Å²) in [5.74, 6) is 0. The Morgan fingerprint density at radius 1 is 0.467 bits per heavy atom. The van der Waals surface area contributed by atoms with Crippen LogP contribution in [-0.2, 0) is 5.60 Å². The molecule has 0 aliphatic carbocycles. The van der Waals surface area contributed by atoms with Gasteiger partial charge in [-0.25, -0.2) is 0 Å². The first kappa shape index (κ1) is 18.4. The molecule has 0 heterocycles. The lowest BCUT2D eigenvalue weighted by Crippen LogP contribution is -2.29. The van der Waals surface area contributed by atoms with Crippen molar-refractivity contribution in [1.82, 2.24) is 0 Å². The maximum absolute atomic E-state index is 12.4. The van der Waals surface area contributed by atoms with Gasteiger partial charge in [-0.05, 0) is 33.0 Å². The number of benzene rings is 5. The standard InChI is InChI=1S/C29H22O/c30-29(24-15-6-2-7-16-24,25-17-8-3-9-18-25)27-21-20-22-12-10-11-19-26(22)28(27)23-13-4-1-5-14-23/h1-21,30H. The highest BCUT2D eigenvalue weighted by atomic mass is 16.3. The Labute approximate surface area is 176 Å². The zero-order chi connectivity index (χ0) is 20.4. The zero-order valence-corrected chi connectivity index (χ0v) is 16.6. The predicted octanol–water partition coefficient (Wildman–Crippen LogP) is 6.79. The second-order valence-corrected chi connectivity index (χ2v) is 7.52. The van der Waals surface area contributed by atoms with Gasteiger partial charge in [-0.1, -0.05) is 127 Å². The minimum absolute atomic E-state index is 0.851. The molecule has 0 saturated carbocycles. The fourth-order valence-corrected chi connectivity index (χ4v) is 4.33. The summed E-state index contributed by atoms with van der Waals surface area (Å²) < 4.78 is 0. The fourth-order valence-electron chi connectivity index (χ4n) is 4.33. The molecule has 5 aromatic rings. The van der Waals surface area contributed by atoms with Crippen molar-refractivity contribution < 1.29 is 5.11 Å². The van der Waals surface area contributed by atoms with E-state index in [1.807, 2.05) is 78.9 Å². The van der Waals surface area contributed by atoms with Crippen LogP contribution in [0.25, 0.3) is 21.9 Å². The molecule has 0 radical (unpaired) electrons. The Morgan fingerprint density at radius 2 is 0.967 bits per heavy atom. The van der Waals surface area contributed by atoms with Crippen LogP contribution < -0.4 is 0 Å². The van der Waals surface area contributed by atoms with Gasteiger partial charge in [0.05, 0.1) is 0 Å². The zero-order valence-electron chi connectivity index (χ0n) is 16.6. The van der Waals surface area contributed by atoms with E-state index >= 15 is 0 Å². The van der Waals surface area contributed by atoms with E-state index in [4.69, 9.17) is 0 Å². The van der Waals surface area contributed by atoms with Crippen LogP contribution >= 0.6 is 0 Å². The summed E-state index contributed by atoms with van der Waals surface area (Å²) >= 11 is 0. The van der Waals surface area contributed by atoms with E-state index in [0.717, 1.165) is 38.6 Å². The van der Waals surface area contributed by atoms with Crippen molar-refractivity contribution in [3.63, 3.8) is 0 Å². The normalized spacial score (nSPS) is 11.5. The van der Waals surface area contributed by atoms with Crippen molar-refractivity contribution in [3.8, 4) is 11.1 Å². The first-order chi connectivity index (χ1) is 14.8. The summed E-state index contributed by atoms with van der Waals surface area (Å²) in [5.41, 5.74) is 3.45. The van der Waals surface area contributed by atoms with Crippen LogP contribution in [0.2, 0.25) is 0 Å². The smallest absolute Gasteiger partial charge is 0.141 e. The molecule has 1 heteroatoms. The largest absolute Gasteiger partial charge is 0.376 e. The van der Waals surface area contributed by atoms with Crippen LogP contribution in [0.5, 0.6) is 0 Å². The van der Waals surface area contributed by atoms with E-state index in [2.05, 4.69) is 48.5 Å². The second-order valence-electron chi connectivity index (χ2n) is 7.52. The molecule has 0 fully saturated rings. The SMILES string of the molecule is OC(c1ccccc1)(c1ccccc1)c1ccc2ccccc2c1-c1ccccc1. The number of rotatable bonds is 4. The van der Waals surface area contributed by atoms with Gasteiger partial charge in [-0.2, -0.15) is 0 Å². The van der Waals surface area contributed by atoms with Crippen molar-refractivity contribution in [2.75, 3.05) is 0 Å². The van der Waals surface area contributed by atoms with E-state index < -0.39 is 5.60 Å². The highest BCUT2D eigenvalue weighted by Gasteiger charge is 2.36. The third-order valence-corrected chi connectivity index (χ3v) is 5.76. The first-order valence-corrected chi connectivity index (χ1v) is 10.2. The molecular weight excluding hydrogens is 364 g/mol. The lowest BCUT2D eigenvalue weighted by atomic mass is 9.76. The van der Waals surface area contributed by atoms with Gasteiger partial charge in [0.2, 0.25) is 0 Å². The molecule has 1 N–H and O–H groups in total. The Morgan fingerprint density at radius 3 is 1.57 bits per heavy atom. The van der Waals surface area contributed by atoms with Gasteiger partial charge in [0, 0.05) is 5.56 Å². The molecule has 0 spiro atoms. The molecule has 5 rings (SSSR count). The maximum Gasteiger partial charge on any atom is 0.141 e. The van der Waals surface area contributed by atoms with Crippen molar-refractivity contribution in [1.29, 1.82) is 0 Å². The molecule has 0 amide bonds. The summed E-state index contributed by atoms with van der Waals surface area (Å²) in [5, 5.41) is 14.7. The van der Waals surface area contributed by atoms with Gasteiger partial charge in [0.25, 0.3) is 0 Å². The second kappa shape index (κ2) is 7.62. The van der Waals surface area contributed by atoms with Gasteiger partial charge >= 0.3 is 0 Å². The van der Waals surface area contributed by atoms with E-state index in [1.165, 1.54) is 0 Å². The molecule has 1 nitrogen and oxygen atoms in total. The van der Waals surface area contributed by atoms with Crippen molar-refractivity contribution in [2.24, 2.45) is 0 Å². The topological polar surface area (TPSA) is 20.2 Å². The lowest BCUT2D eigenvalue weighted by molar-refractivity contribution is 0.126. The van der Waals surface area contributed by atoms with Gasteiger partial charge < -0.3 is 5.11 Å². The Hall–Kier alpha value is -3.68. The first-order valence-electron chi connectivity index (χ1n) is 10.2. The molecule has 0 unspecified atom stereocenters.